The van der Waals surface area contributed by atoms with E-state index in [-0.39, 0.29) is 29.3 Å². The van der Waals surface area contributed by atoms with Gasteiger partial charge in [-0.25, -0.2) is 9.78 Å². The summed E-state index contributed by atoms with van der Waals surface area (Å²) < 4.78 is 27.5. The molecule has 3 atom stereocenters. The number of carbonyl (C=O) groups is 4. The zero-order valence-electron chi connectivity index (χ0n) is 30.9. The highest BCUT2D eigenvalue weighted by Crippen LogP contribution is 2.36. The second kappa shape index (κ2) is 22.5. The lowest BCUT2D eigenvalue weighted by Gasteiger charge is -2.35. The van der Waals surface area contributed by atoms with E-state index < -0.39 is 24.1 Å². The Bertz CT molecular complexity index is 1450. The van der Waals surface area contributed by atoms with Crippen LogP contribution in [0.4, 0.5) is 4.79 Å². The maximum absolute atomic E-state index is 14.2. The monoisotopic (exact) mass is 761 g/mol. The summed E-state index contributed by atoms with van der Waals surface area (Å²) >= 11 is 1.34. The van der Waals surface area contributed by atoms with Crippen LogP contribution in [0.2, 0.25) is 0 Å². The molecule has 0 radical (unpaired) electrons. The number of nitrogens with two attached hydrogens (primary N) is 1. The number of likely N-dealkylation sites (tertiary alicyclic amines) is 1. The number of ketones is 1. The van der Waals surface area contributed by atoms with Crippen molar-refractivity contribution in [2.24, 2.45) is 11.7 Å². The minimum absolute atomic E-state index is 0.0406. The van der Waals surface area contributed by atoms with Crippen LogP contribution in [-0.4, -0.2) is 135 Å². The molecule has 53 heavy (non-hydrogen) atoms. The number of hydrogen-bond donors (Lipinski definition) is 3. The van der Waals surface area contributed by atoms with E-state index in [2.05, 4.69) is 5.32 Å². The van der Waals surface area contributed by atoms with Crippen LogP contribution in [0.1, 0.15) is 79.0 Å². The number of nitrogens with zero attached hydrogens (tertiary/aromatic N) is 3. The van der Waals surface area contributed by atoms with Crippen LogP contribution < -0.4 is 15.8 Å². The summed E-state index contributed by atoms with van der Waals surface area (Å²) in [6.07, 6.45) is 4.87. The van der Waals surface area contributed by atoms with Gasteiger partial charge in [-0.3, -0.25) is 19.3 Å². The van der Waals surface area contributed by atoms with Crippen molar-refractivity contribution in [2.75, 3.05) is 79.6 Å². The maximum atomic E-state index is 14.2. The Hall–Kier alpha value is -3.67. The van der Waals surface area contributed by atoms with Crippen LogP contribution in [-0.2, 0) is 28.5 Å². The fourth-order valence-electron chi connectivity index (χ4n) is 6.41. The summed E-state index contributed by atoms with van der Waals surface area (Å²) in [5.74, 6) is -0.446. The van der Waals surface area contributed by atoms with E-state index in [0.29, 0.717) is 95.3 Å². The second-order valence-corrected chi connectivity index (χ2v) is 14.0. The quantitative estimate of drug-likeness (QED) is 0.111. The van der Waals surface area contributed by atoms with Crippen molar-refractivity contribution in [3.8, 4) is 5.75 Å². The lowest BCUT2D eigenvalue weighted by Crippen LogP contribution is -2.56. The third-order valence-electron chi connectivity index (χ3n) is 9.49. The first kappa shape index (κ1) is 42.1. The van der Waals surface area contributed by atoms with E-state index in [0.717, 1.165) is 43.4 Å². The van der Waals surface area contributed by atoms with E-state index in [1.165, 1.54) is 25.3 Å². The number of likely N-dealkylation sites (N-methyl/N-ethyl adjacent to an activating group) is 1. The maximum Gasteiger partial charge on any atom is 0.407 e. The summed E-state index contributed by atoms with van der Waals surface area (Å²) in [5, 5.41) is 14.7. The van der Waals surface area contributed by atoms with Crippen LogP contribution in [0, 0.1) is 5.92 Å². The Balaban J connectivity index is 1.27. The van der Waals surface area contributed by atoms with E-state index in [9.17, 15) is 24.3 Å². The molecule has 294 valence electrons. The molecule has 0 unspecified atom stereocenters. The Morgan fingerprint density at radius 2 is 1.58 bits per heavy atom. The van der Waals surface area contributed by atoms with Gasteiger partial charge in [0.2, 0.25) is 17.6 Å². The van der Waals surface area contributed by atoms with Gasteiger partial charge in [0.25, 0.3) is 0 Å². The number of rotatable bonds is 23. The summed E-state index contributed by atoms with van der Waals surface area (Å²) in [4.78, 5) is 59.7. The fourth-order valence-corrected chi connectivity index (χ4v) is 7.36. The summed E-state index contributed by atoms with van der Waals surface area (Å²) in [6, 6.07) is 4.88. The normalized spacial score (nSPS) is 17.3. The number of benzene rings is 1. The first-order chi connectivity index (χ1) is 25.7. The van der Waals surface area contributed by atoms with Crippen LogP contribution in [0.15, 0.2) is 29.6 Å². The molecule has 1 saturated carbocycles. The van der Waals surface area contributed by atoms with Gasteiger partial charge < -0.3 is 44.7 Å². The molecule has 3 amide bonds. The molecule has 0 bridgehead atoms. The minimum Gasteiger partial charge on any atom is -0.491 e. The van der Waals surface area contributed by atoms with Gasteiger partial charge in [0.15, 0.2) is 0 Å². The Labute approximate surface area is 315 Å². The Morgan fingerprint density at radius 1 is 0.943 bits per heavy atom. The number of carboxylic acid groups (broad SMARTS) is 1. The smallest absolute Gasteiger partial charge is 0.407 e. The first-order valence-electron chi connectivity index (χ1n) is 18.5. The van der Waals surface area contributed by atoms with Crippen molar-refractivity contribution in [1.29, 1.82) is 0 Å². The van der Waals surface area contributed by atoms with Crippen molar-refractivity contribution < 1.29 is 48.0 Å². The SMILES string of the molecule is C[C@@H](C(=O)N[C@H](C(=O)N1CCC[C@H]1c1nc(C(=O)c2cccc(OCCOCCOCCOCCOCCN)c2)cs1)C1CCCCC1)N(C)C(=O)O. The van der Waals surface area contributed by atoms with Crippen molar-refractivity contribution in [2.45, 2.75) is 70.0 Å². The molecule has 4 N–H and O–H groups in total. The molecule has 2 heterocycles. The zero-order valence-corrected chi connectivity index (χ0v) is 31.7. The van der Waals surface area contributed by atoms with Gasteiger partial charge in [-0.2, -0.15) is 0 Å². The Morgan fingerprint density at radius 3 is 2.23 bits per heavy atom. The number of carbonyl (C=O) groups excluding carboxylic acids is 3. The standard InChI is InChI=1S/C37H55N5O10S/c1-26(41(2)37(46)47)34(44)40-32(27-8-4-3-5-9-27)36(45)42-14-7-12-31(42)35-39-30(25-53-35)33(43)28-10-6-11-29(24-28)52-23-22-51-21-20-50-19-18-49-17-16-48-15-13-38/h6,10-11,24-27,31-32H,3-5,7-9,12-23,38H2,1-2H3,(H,40,44)(H,46,47)/t26-,31-,32-/m0/s1. The lowest BCUT2D eigenvalue weighted by molar-refractivity contribution is -0.140. The number of ether oxygens (including phenoxy) is 5. The van der Waals surface area contributed by atoms with Crippen molar-refractivity contribution in [3.05, 3.63) is 45.9 Å². The largest absolute Gasteiger partial charge is 0.491 e. The highest BCUT2D eigenvalue weighted by Gasteiger charge is 2.40. The summed E-state index contributed by atoms with van der Waals surface area (Å²) in [7, 11) is 1.34. The predicted octanol–water partition coefficient (Wildman–Crippen LogP) is 3.50. The summed E-state index contributed by atoms with van der Waals surface area (Å²) in [5.41, 5.74) is 6.08. The second-order valence-electron chi connectivity index (χ2n) is 13.2. The molecule has 16 heteroatoms. The van der Waals surface area contributed by atoms with E-state index in [4.69, 9.17) is 34.4 Å². The number of nitrogens with one attached hydrogen (secondary N) is 1. The number of thiazole rings is 1. The van der Waals surface area contributed by atoms with E-state index in [1.54, 1.807) is 34.5 Å². The third kappa shape index (κ3) is 13.0. The molecule has 1 saturated heterocycles. The molecule has 2 fully saturated rings. The molecule has 4 rings (SSSR count). The summed E-state index contributed by atoms with van der Waals surface area (Å²) in [6.45, 7) is 6.48. The minimum atomic E-state index is -1.22. The van der Waals surface area contributed by atoms with E-state index >= 15 is 0 Å². The van der Waals surface area contributed by atoms with Crippen LogP contribution in [0.25, 0.3) is 0 Å². The molecule has 1 aliphatic carbocycles. The van der Waals surface area contributed by atoms with Crippen LogP contribution in [0.3, 0.4) is 0 Å². The zero-order chi connectivity index (χ0) is 38.0. The fraction of sp³-hybridized carbons (Fsp3) is 0.649. The molecule has 0 spiro atoms. The number of aromatic nitrogens is 1. The topological polar surface area (TPSA) is 192 Å². The molecule has 2 aliphatic rings. The van der Waals surface area contributed by atoms with Crippen LogP contribution in [0.5, 0.6) is 5.75 Å². The Kier molecular flexibility index (Phi) is 17.9. The molecule has 2 aromatic rings. The van der Waals surface area contributed by atoms with Gasteiger partial charge >= 0.3 is 6.09 Å². The molecule has 1 aliphatic heterocycles. The van der Waals surface area contributed by atoms with Gasteiger partial charge in [0.05, 0.1) is 58.9 Å². The first-order valence-corrected chi connectivity index (χ1v) is 19.4. The van der Waals surface area contributed by atoms with Crippen LogP contribution >= 0.6 is 11.3 Å². The molecule has 1 aromatic heterocycles. The average Bonchev–Trinajstić information content (AvgIpc) is 3.87. The molecule has 15 nitrogen and oxygen atoms in total. The van der Waals surface area contributed by atoms with Gasteiger partial charge in [-0.05, 0) is 50.7 Å². The van der Waals surface area contributed by atoms with Gasteiger partial charge in [-0.15, -0.1) is 11.3 Å². The molecule has 1 aromatic carbocycles. The third-order valence-corrected chi connectivity index (χ3v) is 10.4. The lowest BCUT2D eigenvalue weighted by atomic mass is 9.83. The van der Waals surface area contributed by atoms with Gasteiger partial charge in [0.1, 0.15) is 35.1 Å². The molecular formula is C37H55N5O10S. The van der Waals surface area contributed by atoms with Crippen molar-refractivity contribution >= 4 is 35.0 Å². The van der Waals surface area contributed by atoms with Crippen molar-refractivity contribution in [1.82, 2.24) is 20.1 Å². The van der Waals surface area contributed by atoms with Gasteiger partial charge in [-0.1, -0.05) is 31.4 Å². The highest BCUT2D eigenvalue weighted by atomic mass is 32.1. The predicted molar refractivity (Wildman–Crippen MR) is 197 cm³/mol. The molecular weight excluding hydrogens is 706 g/mol. The number of amides is 3. The average molecular weight is 762 g/mol. The van der Waals surface area contributed by atoms with E-state index in [1.807, 2.05) is 0 Å². The van der Waals surface area contributed by atoms with Gasteiger partial charge in [0, 0.05) is 31.1 Å². The van der Waals surface area contributed by atoms with Crippen molar-refractivity contribution in [3.63, 3.8) is 0 Å². The highest BCUT2D eigenvalue weighted by molar-refractivity contribution is 7.10. The number of hydrogen-bond acceptors (Lipinski definition) is 12.